The lowest BCUT2D eigenvalue weighted by molar-refractivity contribution is -0.135. The minimum atomic E-state index is -2.78. The Bertz CT molecular complexity index is 1090. The number of amides is 1. The van der Waals surface area contributed by atoms with Crippen molar-refractivity contribution in [1.82, 2.24) is 34.4 Å². The molecule has 4 rings (SSSR count). The number of carbonyl (C=O) groups excluding carboxylic acids is 1. The average Bonchev–Trinajstić information content (AvgIpc) is 3.42. The van der Waals surface area contributed by atoms with Gasteiger partial charge in [-0.1, -0.05) is 0 Å². The minimum absolute atomic E-state index is 0.0190. The second kappa shape index (κ2) is 9.23. The van der Waals surface area contributed by atoms with Gasteiger partial charge in [0, 0.05) is 40.2 Å². The zero-order valence-corrected chi connectivity index (χ0v) is 18.2. The fraction of sp³-hybridized carbons (Fsp3) is 0.526. The van der Waals surface area contributed by atoms with Crippen LogP contribution in [0.3, 0.4) is 0 Å². The molecule has 4 heterocycles. The number of ether oxygens (including phenoxy) is 1. The van der Waals surface area contributed by atoms with Crippen molar-refractivity contribution in [3.05, 3.63) is 18.4 Å². The van der Waals surface area contributed by atoms with Gasteiger partial charge in [-0.2, -0.15) is 19.5 Å². The van der Waals surface area contributed by atoms with E-state index in [0.717, 1.165) is 6.92 Å². The predicted molar refractivity (Wildman–Crippen MR) is 114 cm³/mol. The van der Waals surface area contributed by atoms with Gasteiger partial charge in [0.15, 0.2) is 5.76 Å². The van der Waals surface area contributed by atoms with Gasteiger partial charge in [0.2, 0.25) is 23.6 Å². The summed E-state index contributed by atoms with van der Waals surface area (Å²) in [6.45, 7) is 1.98. The number of methoxy groups -OCH3 is 1. The number of nitrogens with two attached hydrogens (primary N) is 1. The number of furan rings is 1. The molecule has 3 aromatic rings. The molecule has 33 heavy (non-hydrogen) atoms. The average molecular weight is 465 g/mol. The molecule has 1 amide bonds. The van der Waals surface area contributed by atoms with Crippen molar-refractivity contribution in [1.29, 1.82) is 0 Å². The summed E-state index contributed by atoms with van der Waals surface area (Å²) in [4.78, 5) is 29.1. The Morgan fingerprint density at radius 3 is 2.70 bits per heavy atom. The number of carbonyl (C=O) groups is 1. The first-order valence-corrected chi connectivity index (χ1v) is 10.3. The molecule has 0 saturated carbocycles. The van der Waals surface area contributed by atoms with Crippen molar-refractivity contribution < 1.29 is 22.7 Å². The number of hydrogen-bond acceptors (Lipinski definition) is 10. The standard InChI is InChI=1S/C19H25F2N9O3/c1-19(20,21)11-28-5-7-29(8-6-28)15(31)12(10-32-2)23-17-25-16(22)30-18(26-17)24-14(27-30)13-4-3-9-33-13/h3-4,9,12H,5-8,10-11H2,1-2H3,(H3,22,23,24,25,26,27)/t12-/m0/s1. The van der Waals surface area contributed by atoms with Gasteiger partial charge in [0.25, 0.3) is 11.7 Å². The van der Waals surface area contributed by atoms with Crippen molar-refractivity contribution in [3.63, 3.8) is 0 Å². The van der Waals surface area contributed by atoms with Crippen molar-refractivity contribution in [2.24, 2.45) is 0 Å². The van der Waals surface area contributed by atoms with Crippen LogP contribution in [0, 0.1) is 0 Å². The molecule has 0 aliphatic carbocycles. The molecule has 1 saturated heterocycles. The summed E-state index contributed by atoms with van der Waals surface area (Å²) in [7, 11) is 1.47. The van der Waals surface area contributed by atoms with Crippen LogP contribution in [0.15, 0.2) is 22.8 Å². The number of nitrogen functional groups attached to an aromatic ring is 1. The largest absolute Gasteiger partial charge is 0.461 e. The third-order valence-corrected chi connectivity index (χ3v) is 5.09. The van der Waals surface area contributed by atoms with Gasteiger partial charge in [-0.25, -0.2) is 8.78 Å². The first-order chi connectivity index (χ1) is 15.7. The summed E-state index contributed by atoms with van der Waals surface area (Å²) in [5.74, 6) is -2.02. The van der Waals surface area contributed by atoms with E-state index in [4.69, 9.17) is 14.9 Å². The zero-order chi connectivity index (χ0) is 23.6. The topological polar surface area (TPSA) is 140 Å². The second-order valence-electron chi connectivity index (χ2n) is 7.85. The van der Waals surface area contributed by atoms with E-state index in [9.17, 15) is 13.6 Å². The molecule has 1 atom stereocenters. The summed E-state index contributed by atoms with van der Waals surface area (Å²) in [5, 5.41) is 7.18. The van der Waals surface area contributed by atoms with Gasteiger partial charge >= 0.3 is 0 Å². The number of aromatic nitrogens is 5. The van der Waals surface area contributed by atoms with Crippen molar-refractivity contribution in [2.75, 3.05) is 57.5 Å². The van der Waals surface area contributed by atoms with Gasteiger partial charge in [-0.05, 0) is 12.1 Å². The van der Waals surface area contributed by atoms with E-state index in [2.05, 4.69) is 25.4 Å². The maximum absolute atomic E-state index is 13.3. The number of rotatable bonds is 8. The van der Waals surface area contributed by atoms with Gasteiger partial charge < -0.3 is 25.1 Å². The predicted octanol–water partition coefficient (Wildman–Crippen LogP) is 0.588. The quantitative estimate of drug-likeness (QED) is 0.486. The first-order valence-electron chi connectivity index (χ1n) is 10.3. The van der Waals surface area contributed by atoms with Crippen LogP contribution in [0.5, 0.6) is 0 Å². The molecule has 0 spiro atoms. The van der Waals surface area contributed by atoms with Gasteiger partial charge in [-0.15, -0.1) is 5.10 Å². The van der Waals surface area contributed by atoms with Crippen LogP contribution < -0.4 is 11.1 Å². The highest BCUT2D eigenvalue weighted by Crippen LogP contribution is 2.19. The number of fused-ring (bicyclic) bond motifs is 1. The highest BCUT2D eigenvalue weighted by Gasteiger charge is 2.31. The molecule has 14 heteroatoms. The fourth-order valence-electron chi connectivity index (χ4n) is 3.62. The van der Waals surface area contributed by atoms with Crippen LogP contribution >= 0.6 is 0 Å². The van der Waals surface area contributed by atoms with Crippen molar-refractivity contribution >= 4 is 23.6 Å². The Morgan fingerprint density at radius 2 is 2.06 bits per heavy atom. The molecule has 3 N–H and O–H groups in total. The van der Waals surface area contributed by atoms with E-state index in [0.29, 0.717) is 31.9 Å². The highest BCUT2D eigenvalue weighted by atomic mass is 19.3. The molecular weight excluding hydrogens is 440 g/mol. The molecule has 0 unspecified atom stereocenters. The Labute approximate surface area is 187 Å². The smallest absolute Gasteiger partial charge is 0.259 e. The van der Waals surface area contributed by atoms with Crippen LogP contribution in [-0.2, 0) is 9.53 Å². The number of nitrogens with one attached hydrogen (secondary N) is 1. The first kappa shape index (κ1) is 22.8. The Hall–Kier alpha value is -3.39. The molecule has 1 fully saturated rings. The van der Waals surface area contributed by atoms with E-state index in [1.807, 2.05) is 0 Å². The molecular formula is C19H25F2N9O3. The van der Waals surface area contributed by atoms with Crippen LogP contribution in [0.2, 0.25) is 0 Å². The van der Waals surface area contributed by atoms with E-state index in [-0.39, 0.29) is 42.6 Å². The maximum atomic E-state index is 13.3. The number of nitrogens with zero attached hydrogens (tertiary/aromatic N) is 7. The molecule has 0 bridgehead atoms. The monoisotopic (exact) mass is 465 g/mol. The van der Waals surface area contributed by atoms with Gasteiger partial charge in [-0.3, -0.25) is 9.69 Å². The summed E-state index contributed by atoms with van der Waals surface area (Å²) in [6.07, 6.45) is 1.50. The molecule has 0 radical (unpaired) electrons. The van der Waals surface area contributed by atoms with Gasteiger partial charge in [0.05, 0.1) is 19.4 Å². The molecule has 0 aromatic carbocycles. The number of halogens is 2. The lowest BCUT2D eigenvalue weighted by Gasteiger charge is -2.37. The molecule has 3 aromatic heterocycles. The van der Waals surface area contributed by atoms with E-state index in [1.165, 1.54) is 17.9 Å². The highest BCUT2D eigenvalue weighted by molar-refractivity contribution is 5.84. The normalized spacial score (nSPS) is 16.3. The fourth-order valence-corrected chi connectivity index (χ4v) is 3.62. The number of anilines is 2. The molecule has 1 aliphatic heterocycles. The summed E-state index contributed by atoms with van der Waals surface area (Å²) in [6, 6.07) is 2.60. The lowest BCUT2D eigenvalue weighted by atomic mass is 10.2. The summed E-state index contributed by atoms with van der Waals surface area (Å²) in [5.41, 5.74) is 6.00. The van der Waals surface area contributed by atoms with E-state index in [1.54, 1.807) is 21.9 Å². The number of hydrogen-bond donors (Lipinski definition) is 2. The third-order valence-electron chi connectivity index (χ3n) is 5.09. The van der Waals surface area contributed by atoms with Crippen molar-refractivity contribution in [3.8, 4) is 11.6 Å². The number of alkyl halides is 2. The maximum Gasteiger partial charge on any atom is 0.259 e. The van der Waals surface area contributed by atoms with Crippen molar-refractivity contribution in [2.45, 2.75) is 18.9 Å². The Kier molecular flexibility index (Phi) is 6.37. The zero-order valence-electron chi connectivity index (χ0n) is 18.2. The Morgan fingerprint density at radius 1 is 1.30 bits per heavy atom. The van der Waals surface area contributed by atoms with Crippen LogP contribution in [0.25, 0.3) is 17.4 Å². The molecule has 1 aliphatic rings. The third kappa shape index (κ3) is 5.34. The lowest BCUT2D eigenvalue weighted by Crippen LogP contribution is -2.55. The molecule has 178 valence electrons. The minimum Gasteiger partial charge on any atom is -0.461 e. The van der Waals surface area contributed by atoms with Gasteiger partial charge in [0.1, 0.15) is 6.04 Å². The second-order valence-corrected chi connectivity index (χ2v) is 7.85. The molecule has 12 nitrogen and oxygen atoms in total. The van der Waals surface area contributed by atoms with Crippen LogP contribution in [0.1, 0.15) is 6.92 Å². The Balaban J connectivity index is 1.47. The van der Waals surface area contributed by atoms with Crippen LogP contribution in [-0.4, -0.2) is 98.7 Å². The SMILES string of the molecule is COC[C@H](Nc1nc(N)n2nc(-c3ccco3)nc2n1)C(=O)N1CCN(CC(C)(F)F)CC1. The van der Waals surface area contributed by atoms with Crippen LogP contribution in [0.4, 0.5) is 20.7 Å². The number of piperazine rings is 1. The van der Waals surface area contributed by atoms with E-state index >= 15 is 0 Å². The van der Waals surface area contributed by atoms with E-state index < -0.39 is 12.0 Å². The summed E-state index contributed by atoms with van der Waals surface area (Å²) >= 11 is 0. The summed E-state index contributed by atoms with van der Waals surface area (Å²) < 4.78 is 38.3.